The fourth-order valence-corrected chi connectivity index (χ4v) is 1.45. The molecule has 1 aromatic rings. The van der Waals surface area contributed by atoms with Gasteiger partial charge in [-0.25, -0.2) is 9.37 Å². The first-order valence-corrected chi connectivity index (χ1v) is 5.64. The van der Waals surface area contributed by atoms with Crippen LogP contribution in [0.1, 0.15) is 49.6 Å². The van der Waals surface area contributed by atoms with E-state index in [4.69, 9.17) is 0 Å². The number of hydrogen-bond donors (Lipinski definition) is 0. The first kappa shape index (κ1) is 13.9. The number of halogens is 4. The Hall–Kier alpha value is -1.13. The average Bonchev–Trinajstić information content (AvgIpc) is 3.07. The Kier molecular flexibility index (Phi) is 4.11. The fraction of sp³-hybridized carbons (Fsp3) is 0.583. The molecule has 0 aliphatic heterocycles. The lowest BCUT2D eigenvalue weighted by atomic mass is 10.1. The quantitative estimate of drug-likeness (QED) is 0.670. The van der Waals surface area contributed by atoms with Gasteiger partial charge in [-0.15, -0.1) is 0 Å². The summed E-state index contributed by atoms with van der Waals surface area (Å²) in [7, 11) is 0. The smallest absolute Gasteiger partial charge is 0.245 e. The molecule has 5 heteroatoms. The molecule has 0 unspecified atom stereocenters. The van der Waals surface area contributed by atoms with Gasteiger partial charge >= 0.3 is 6.18 Å². The maximum Gasteiger partial charge on any atom is 0.433 e. The van der Waals surface area contributed by atoms with Crippen molar-refractivity contribution in [3.8, 4) is 0 Å². The molecule has 1 aliphatic carbocycles. The minimum Gasteiger partial charge on any atom is -0.245 e. The van der Waals surface area contributed by atoms with E-state index in [1.54, 1.807) is 0 Å². The lowest BCUT2D eigenvalue weighted by Gasteiger charge is -2.10. The second kappa shape index (κ2) is 5.02. The molecule has 1 nitrogen and oxygen atoms in total. The molecule has 0 saturated heterocycles. The van der Waals surface area contributed by atoms with Crippen molar-refractivity contribution in [2.75, 3.05) is 0 Å². The van der Waals surface area contributed by atoms with Crippen molar-refractivity contribution in [1.82, 2.24) is 4.98 Å². The summed E-state index contributed by atoms with van der Waals surface area (Å²) >= 11 is 0. The van der Waals surface area contributed by atoms with Gasteiger partial charge in [-0.05, 0) is 31.4 Å². The number of aryl methyl sites for hydroxylation is 1. The zero-order valence-electron chi connectivity index (χ0n) is 10.0. The van der Waals surface area contributed by atoms with Crippen molar-refractivity contribution in [3.05, 3.63) is 28.8 Å². The molecule has 0 bridgehead atoms. The van der Waals surface area contributed by atoms with Crippen LogP contribution in [0.2, 0.25) is 0 Å². The van der Waals surface area contributed by atoms with Crippen molar-refractivity contribution in [3.63, 3.8) is 0 Å². The van der Waals surface area contributed by atoms with Crippen LogP contribution >= 0.6 is 0 Å². The van der Waals surface area contributed by atoms with E-state index in [0.29, 0.717) is 0 Å². The number of pyridine rings is 1. The van der Waals surface area contributed by atoms with Crippen molar-refractivity contribution < 1.29 is 17.6 Å². The second-order valence-electron chi connectivity index (χ2n) is 3.80. The molecule has 0 N–H and O–H groups in total. The van der Waals surface area contributed by atoms with E-state index in [-0.39, 0.29) is 17.2 Å². The molecule has 1 fully saturated rings. The molecule has 96 valence electrons. The molecule has 0 amide bonds. The SMILES string of the molecule is CC.Cc1cc(C(F)(F)F)nc(C2CC2)c1F. The zero-order chi connectivity index (χ0) is 13.2. The highest BCUT2D eigenvalue weighted by Gasteiger charge is 2.36. The van der Waals surface area contributed by atoms with Crippen molar-refractivity contribution in [2.45, 2.75) is 45.7 Å². The molecule has 0 aromatic carbocycles. The predicted molar refractivity (Wildman–Crippen MR) is 57.3 cm³/mol. The molecule has 1 heterocycles. The highest BCUT2D eigenvalue weighted by atomic mass is 19.4. The van der Waals surface area contributed by atoms with Gasteiger partial charge < -0.3 is 0 Å². The Labute approximate surface area is 97.9 Å². The van der Waals surface area contributed by atoms with E-state index in [1.807, 2.05) is 13.8 Å². The van der Waals surface area contributed by atoms with Gasteiger partial charge in [0, 0.05) is 5.92 Å². The number of hydrogen-bond acceptors (Lipinski definition) is 1. The van der Waals surface area contributed by atoms with Gasteiger partial charge in [-0.3, -0.25) is 0 Å². The Morgan fingerprint density at radius 2 is 1.76 bits per heavy atom. The molecule has 17 heavy (non-hydrogen) atoms. The first-order chi connectivity index (χ1) is 7.89. The van der Waals surface area contributed by atoms with Gasteiger partial charge in [0.05, 0.1) is 5.69 Å². The van der Waals surface area contributed by atoms with Gasteiger partial charge in [0.15, 0.2) is 0 Å². The monoisotopic (exact) mass is 249 g/mol. The van der Waals surface area contributed by atoms with E-state index in [9.17, 15) is 17.6 Å². The molecule has 1 aliphatic rings. The Bertz CT molecular complexity index is 394. The van der Waals surface area contributed by atoms with Crippen molar-refractivity contribution in [1.29, 1.82) is 0 Å². The summed E-state index contributed by atoms with van der Waals surface area (Å²) in [5.41, 5.74) is -1.01. The molecule has 1 saturated carbocycles. The van der Waals surface area contributed by atoms with E-state index in [1.165, 1.54) is 6.92 Å². The average molecular weight is 249 g/mol. The second-order valence-corrected chi connectivity index (χ2v) is 3.80. The van der Waals surface area contributed by atoms with Crippen molar-refractivity contribution in [2.24, 2.45) is 0 Å². The third kappa shape index (κ3) is 3.17. The zero-order valence-corrected chi connectivity index (χ0v) is 10.0. The highest BCUT2D eigenvalue weighted by molar-refractivity contribution is 5.28. The third-order valence-corrected chi connectivity index (χ3v) is 2.42. The van der Waals surface area contributed by atoms with Gasteiger partial charge in [0.1, 0.15) is 11.5 Å². The van der Waals surface area contributed by atoms with Crippen LogP contribution in [0.5, 0.6) is 0 Å². The van der Waals surface area contributed by atoms with Crippen LogP contribution in [0.3, 0.4) is 0 Å². The van der Waals surface area contributed by atoms with Gasteiger partial charge in [-0.1, -0.05) is 13.8 Å². The van der Waals surface area contributed by atoms with Crippen LogP contribution in [-0.2, 0) is 6.18 Å². The maximum atomic E-state index is 13.4. The third-order valence-electron chi connectivity index (χ3n) is 2.42. The number of nitrogens with zero attached hydrogens (tertiary/aromatic N) is 1. The Morgan fingerprint density at radius 3 is 2.18 bits per heavy atom. The summed E-state index contributed by atoms with van der Waals surface area (Å²) in [4.78, 5) is 3.37. The molecule has 0 radical (unpaired) electrons. The van der Waals surface area contributed by atoms with E-state index >= 15 is 0 Å². The first-order valence-electron chi connectivity index (χ1n) is 5.64. The standard InChI is InChI=1S/C10H9F4N.C2H6/c1-5-4-7(10(12,13)14)15-9(8(5)11)6-2-3-6;1-2/h4,6H,2-3H2,1H3;1-2H3. The van der Waals surface area contributed by atoms with E-state index in [0.717, 1.165) is 18.9 Å². The molecular formula is C12H15F4N. The molecule has 0 spiro atoms. The highest BCUT2D eigenvalue weighted by Crippen LogP contribution is 2.42. The van der Waals surface area contributed by atoms with Crippen LogP contribution < -0.4 is 0 Å². The predicted octanol–water partition coefficient (Wildman–Crippen LogP) is 4.45. The normalized spacial score (nSPS) is 15.2. The molecule has 1 aromatic heterocycles. The lowest BCUT2D eigenvalue weighted by molar-refractivity contribution is -0.141. The Balaban J connectivity index is 0.000000686. The fourth-order valence-electron chi connectivity index (χ4n) is 1.45. The summed E-state index contributed by atoms with van der Waals surface area (Å²) < 4.78 is 50.6. The molecular weight excluding hydrogens is 234 g/mol. The Morgan fingerprint density at radius 1 is 1.24 bits per heavy atom. The largest absolute Gasteiger partial charge is 0.433 e. The van der Waals surface area contributed by atoms with Crippen molar-refractivity contribution >= 4 is 0 Å². The van der Waals surface area contributed by atoms with Crippen LogP contribution in [0.4, 0.5) is 17.6 Å². The summed E-state index contributed by atoms with van der Waals surface area (Å²) in [6.07, 6.45) is -3.04. The maximum absolute atomic E-state index is 13.4. The molecule has 2 rings (SSSR count). The van der Waals surface area contributed by atoms with E-state index in [2.05, 4.69) is 4.98 Å². The van der Waals surface area contributed by atoms with Gasteiger partial charge in [0.25, 0.3) is 0 Å². The number of alkyl halides is 3. The van der Waals surface area contributed by atoms with Crippen LogP contribution in [0.25, 0.3) is 0 Å². The summed E-state index contributed by atoms with van der Waals surface area (Å²) in [5.74, 6) is -0.712. The minimum atomic E-state index is -4.50. The van der Waals surface area contributed by atoms with E-state index < -0.39 is 17.7 Å². The summed E-state index contributed by atoms with van der Waals surface area (Å²) in [5, 5.41) is 0. The summed E-state index contributed by atoms with van der Waals surface area (Å²) in [6, 6.07) is 0.751. The van der Waals surface area contributed by atoms with Crippen LogP contribution in [0, 0.1) is 12.7 Å². The molecule has 0 atom stereocenters. The van der Waals surface area contributed by atoms with Gasteiger partial charge in [0.2, 0.25) is 0 Å². The number of rotatable bonds is 1. The topological polar surface area (TPSA) is 12.9 Å². The minimum absolute atomic E-state index is 0.0132. The van der Waals surface area contributed by atoms with Crippen LogP contribution in [-0.4, -0.2) is 4.98 Å². The van der Waals surface area contributed by atoms with Gasteiger partial charge in [-0.2, -0.15) is 13.2 Å². The number of aromatic nitrogens is 1. The van der Waals surface area contributed by atoms with Crippen LogP contribution in [0.15, 0.2) is 6.07 Å². The lowest BCUT2D eigenvalue weighted by Crippen LogP contribution is -2.11. The summed E-state index contributed by atoms with van der Waals surface area (Å²) in [6.45, 7) is 5.33.